The summed E-state index contributed by atoms with van der Waals surface area (Å²) in [6, 6.07) is 67.7. The predicted molar refractivity (Wildman–Crippen MR) is 243 cm³/mol. The van der Waals surface area contributed by atoms with Crippen molar-refractivity contribution in [3.05, 3.63) is 222 Å². The topological polar surface area (TPSA) is 38.4 Å². The van der Waals surface area contributed by atoms with Crippen LogP contribution < -0.4 is 5.73 Å². The molecule has 1 aliphatic carbocycles. The highest BCUT2D eigenvalue weighted by atomic mass is 14.7. The molecule has 9 aromatic rings. The average molecular weight is 731 g/mol. The van der Waals surface area contributed by atoms with Crippen LogP contribution in [0.2, 0.25) is 0 Å². The largest absolute Gasteiger partial charge is 0.398 e. The van der Waals surface area contributed by atoms with E-state index in [2.05, 4.69) is 196 Å². The van der Waals surface area contributed by atoms with E-state index in [4.69, 9.17) is 10.7 Å². The lowest BCUT2D eigenvalue weighted by atomic mass is 9.80. The zero-order chi connectivity index (χ0) is 38.5. The van der Waals surface area contributed by atoms with Gasteiger partial charge in [-0.15, -0.1) is 0 Å². The Kier molecular flexibility index (Phi) is 8.42. The van der Waals surface area contributed by atoms with Crippen molar-refractivity contribution in [2.24, 2.45) is 10.7 Å². The molecule has 0 saturated heterocycles. The molecule has 0 radical (unpaired) electrons. The fourth-order valence-corrected chi connectivity index (χ4v) is 8.99. The molecule has 0 atom stereocenters. The van der Waals surface area contributed by atoms with Crippen LogP contribution in [0.15, 0.2) is 199 Å². The van der Waals surface area contributed by atoms with E-state index in [1.807, 2.05) is 12.1 Å². The van der Waals surface area contributed by atoms with Gasteiger partial charge in [-0.05, 0) is 101 Å². The number of allylic oxidation sites excluding steroid dienone is 1. The molecule has 0 saturated carbocycles. The van der Waals surface area contributed by atoms with Crippen LogP contribution in [-0.2, 0) is 12.0 Å². The van der Waals surface area contributed by atoms with Crippen molar-refractivity contribution in [2.75, 3.05) is 0 Å². The molecule has 2 nitrogen and oxygen atoms in total. The summed E-state index contributed by atoms with van der Waals surface area (Å²) in [7, 11) is 0. The maximum Gasteiger partial charge on any atom is 0.0671 e. The lowest BCUT2D eigenvalue weighted by Gasteiger charge is -2.23. The van der Waals surface area contributed by atoms with Gasteiger partial charge in [0.05, 0.1) is 12.3 Å². The van der Waals surface area contributed by atoms with E-state index in [1.54, 1.807) is 0 Å². The van der Waals surface area contributed by atoms with Crippen LogP contribution in [0.3, 0.4) is 0 Å². The van der Waals surface area contributed by atoms with Crippen molar-refractivity contribution >= 4 is 43.7 Å². The lowest BCUT2D eigenvalue weighted by Crippen LogP contribution is -2.15. The molecule has 0 unspecified atom stereocenters. The van der Waals surface area contributed by atoms with Gasteiger partial charge < -0.3 is 5.73 Å². The number of nitrogens with two attached hydrogens (primary N) is 1. The van der Waals surface area contributed by atoms with E-state index >= 15 is 0 Å². The molecule has 9 aromatic carbocycles. The van der Waals surface area contributed by atoms with Crippen LogP contribution >= 0.6 is 0 Å². The maximum absolute atomic E-state index is 7.05. The fourth-order valence-electron chi connectivity index (χ4n) is 8.99. The standard InChI is InChI=1S/C55H42N2/c1-55(2)51-31-27-42(33-50(51)49-28-26-39-15-8-9-17-45(39)54(49)55)38-20-23-40(24-21-38)44-29-30-48(47-19-11-10-18-46(44)47)52(56)34-53(57-35-36-12-4-3-5-13-36)43-25-22-37-14-6-7-16-41(37)32-43/h3-34H,35,56H2,1-2H3/b52-34-,57-53?. The summed E-state index contributed by atoms with van der Waals surface area (Å²) in [6.07, 6.45) is 2.04. The Labute approximate surface area is 334 Å². The van der Waals surface area contributed by atoms with Gasteiger partial charge in [-0.3, -0.25) is 4.99 Å². The minimum atomic E-state index is -0.0628. The first kappa shape index (κ1) is 34.5. The summed E-state index contributed by atoms with van der Waals surface area (Å²) in [5, 5.41) is 7.29. The van der Waals surface area contributed by atoms with E-state index < -0.39 is 0 Å². The van der Waals surface area contributed by atoms with Crippen molar-refractivity contribution in [2.45, 2.75) is 25.8 Å². The molecule has 0 fully saturated rings. The minimum Gasteiger partial charge on any atom is -0.398 e. The SMILES string of the molecule is CC1(C)c2ccc(-c3ccc(-c4ccc(/C(N)=C/C(=NCc5ccccc5)c5ccc6ccccc6c5)c5ccccc45)cc3)cc2-c2ccc3ccccc3c21. The van der Waals surface area contributed by atoms with Gasteiger partial charge >= 0.3 is 0 Å². The van der Waals surface area contributed by atoms with Gasteiger partial charge in [-0.2, -0.15) is 0 Å². The van der Waals surface area contributed by atoms with E-state index in [9.17, 15) is 0 Å². The number of aliphatic imine (C=N–C) groups is 1. The lowest BCUT2D eigenvalue weighted by molar-refractivity contribution is 0.666. The number of benzene rings is 9. The van der Waals surface area contributed by atoms with E-state index in [-0.39, 0.29) is 5.41 Å². The zero-order valence-electron chi connectivity index (χ0n) is 32.2. The first-order valence-corrected chi connectivity index (χ1v) is 19.8. The first-order chi connectivity index (χ1) is 27.9. The van der Waals surface area contributed by atoms with Gasteiger partial charge in [0.2, 0.25) is 0 Å². The number of hydrogen-bond acceptors (Lipinski definition) is 2. The Balaban J connectivity index is 0.994. The maximum atomic E-state index is 7.05. The Morgan fingerprint density at radius 1 is 0.509 bits per heavy atom. The van der Waals surface area contributed by atoms with Gasteiger partial charge in [-0.1, -0.05) is 190 Å². The summed E-state index contributed by atoms with van der Waals surface area (Å²) < 4.78 is 0. The Hall–Kier alpha value is -7.03. The molecule has 2 heteroatoms. The summed E-state index contributed by atoms with van der Waals surface area (Å²) >= 11 is 0. The Morgan fingerprint density at radius 3 is 1.95 bits per heavy atom. The van der Waals surface area contributed by atoms with Crippen LogP contribution in [0.5, 0.6) is 0 Å². The Morgan fingerprint density at radius 2 is 1.14 bits per heavy atom. The van der Waals surface area contributed by atoms with Crippen LogP contribution in [0, 0.1) is 0 Å². The molecule has 0 heterocycles. The van der Waals surface area contributed by atoms with E-state index in [1.165, 1.54) is 66.1 Å². The first-order valence-electron chi connectivity index (χ1n) is 19.8. The molecule has 272 valence electrons. The van der Waals surface area contributed by atoms with Crippen molar-refractivity contribution in [3.63, 3.8) is 0 Å². The second-order valence-electron chi connectivity index (χ2n) is 15.7. The molecule has 0 bridgehead atoms. The molecule has 10 rings (SSSR count). The number of hydrogen-bond donors (Lipinski definition) is 1. The summed E-state index contributed by atoms with van der Waals surface area (Å²) in [5.74, 6) is 0. The molecule has 0 amide bonds. The molecular weight excluding hydrogens is 689 g/mol. The van der Waals surface area contributed by atoms with Crippen molar-refractivity contribution < 1.29 is 0 Å². The highest BCUT2D eigenvalue weighted by Gasteiger charge is 2.36. The van der Waals surface area contributed by atoms with Crippen molar-refractivity contribution in [3.8, 4) is 33.4 Å². The quantitative estimate of drug-likeness (QED) is 0.163. The average Bonchev–Trinajstić information content (AvgIpc) is 3.50. The summed E-state index contributed by atoms with van der Waals surface area (Å²) in [6.45, 7) is 5.29. The number of fused-ring (bicyclic) bond motifs is 7. The number of nitrogens with zero attached hydrogens (tertiary/aromatic N) is 1. The van der Waals surface area contributed by atoms with Crippen LogP contribution in [0.4, 0.5) is 0 Å². The predicted octanol–water partition coefficient (Wildman–Crippen LogP) is 13.8. The molecule has 0 spiro atoms. The zero-order valence-corrected chi connectivity index (χ0v) is 32.2. The van der Waals surface area contributed by atoms with Crippen LogP contribution in [0.1, 0.15) is 41.7 Å². The van der Waals surface area contributed by atoms with Crippen molar-refractivity contribution in [1.29, 1.82) is 0 Å². The second-order valence-corrected chi connectivity index (χ2v) is 15.7. The van der Waals surface area contributed by atoms with Gasteiger partial charge in [0.25, 0.3) is 0 Å². The number of rotatable bonds is 7. The van der Waals surface area contributed by atoms with Gasteiger partial charge in [0.1, 0.15) is 0 Å². The third-order valence-corrected chi connectivity index (χ3v) is 11.9. The van der Waals surface area contributed by atoms with Crippen LogP contribution in [0.25, 0.3) is 71.4 Å². The molecule has 1 aliphatic rings. The highest BCUT2D eigenvalue weighted by Crippen LogP contribution is 2.52. The molecule has 0 aromatic heterocycles. The summed E-state index contributed by atoms with van der Waals surface area (Å²) in [4.78, 5) is 5.12. The summed E-state index contributed by atoms with van der Waals surface area (Å²) in [5.41, 5.74) is 22.0. The normalized spacial score (nSPS) is 13.6. The van der Waals surface area contributed by atoms with E-state index in [0.29, 0.717) is 12.2 Å². The van der Waals surface area contributed by atoms with Gasteiger partial charge in [0, 0.05) is 22.2 Å². The van der Waals surface area contributed by atoms with Gasteiger partial charge in [-0.25, -0.2) is 0 Å². The molecule has 0 aliphatic heterocycles. The van der Waals surface area contributed by atoms with E-state index in [0.717, 1.165) is 33.2 Å². The monoisotopic (exact) mass is 730 g/mol. The Bertz CT molecular complexity index is 3060. The van der Waals surface area contributed by atoms with Crippen LogP contribution in [-0.4, -0.2) is 5.71 Å². The second kappa shape index (κ2) is 13.9. The molecule has 57 heavy (non-hydrogen) atoms. The van der Waals surface area contributed by atoms with Gasteiger partial charge in [0.15, 0.2) is 0 Å². The van der Waals surface area contributed by atoms with Crippen molar-refractivity contribution in [1.82, 2.24) is 0 Å². The third kappa shape index (κ3) is 6.11. The highest BCUT2D eigenvalue weighted by molar-refractivity contribution is 6.15. The molecule has 2 N–H and O–H groups in total. The minimum absolute atomic E-state index is 0.0628. The fraction of sp³-hybridized carbons (Fsp3) is 0.0727. The smallest absolute Gasteiger partial charge is 0.0671 e. The third-order valence-electron chi connectivity index (χ3n) is 11.9. The molecular formula is C55H42N2.